The first-order chi connectivity index (χ1) is 13.4. The van der Waals surface area contributed by atoms with Gasteiger partial charge in [-0.05, 0) is 36.4 Å². The Bertz CT molecular complexity index is 1020. The monoisotopic (exact) mass is 444 g/mol. The molecule has 28 heavy (non-hydrogen) atoms. The lowest BCUT2D eigenvalue weighted by Crippen LogP contribution is -2.54. The molecule has 0 aliphatic carbocycles. The minimum atomic E-state index is -1.02. The lowest BCUT2D eigenvalue weighted by molar-refractivity contribution is -0.122. The summed E-state index contributed by atoms with van der Waals surface area (Å²) in [5, 5.41) is 2.06. The van der Waals surface area contributed by atoms with Crippen LogP contribution < -0.4 is 15.0 Å². The predicted molar refractivity (Wildman–Crippen MR) is 105 cm³/mol. The van der Waals surface area contributed by atoms with E-state index in [1.807, 2.05) is 0 Å². The number of halogens is 2. The summed E-state index contributed by atoms with van der Waals surface area (Å²) in [4.78, 5) is 37.9. The second kappa shape index (κ2) is 8.18. The number of hydrogen-bond donors (Lipinski definition) is 1. The molecule has 2 aromatic rings. The summed E-state index contributed by atoms with van der Waals surface area (Å²) in [5.74, 6) is -2.17. The van der Waals surface area contributed by atoms with E-state index < -0.39 is 23.7 Å². The fourth-order valence-corrected chi connectivity index (χ4v) is 2.96. The van der Waals surface area contributed by atoms with Crippen LogP contribution in [0.1, 0.15) is 5.56 Å². The fraction of sp³-hybridized carbons (Fsp3) is 0.0500. The van der Waals surface area contributed by atoms with E-state index in [0.717, 1.165) is 6.07 Å². The molecular weight excluding hydrogens is 431 g/mol. The van der Waals surface area contributed by atoms with Crippen LogP contribution in [0.25, 0.3) is 6.08 Å². The third kappa shape index (κ3) is 3.86. The Balaban J connectivity index is 2.06. The van der Waals surface area contributed by atoms with Crippen LogP contribution in [-0.4, -0.2) is 24.5 Å². The van der Waals surface area contributed by atoms with Gasteiger partial charge in [0.25, 0.3) is 11.8 Å². The maximum Gasteiger partial charge on any atom is 0.336 e. The largest absolute Gasteiger partial charge is 0.489 e. The SMILES string of the molecule is C=CCOc1ccc(Br)cc1/C=C1/C(=O)NC(=O)N(c2ccccc2F)C1=O. The van der Waals surface area contributed by atoms with E-state index in [1.54, 1.807) is 24.3 Å². The number of amides is 4. The average Bonchev–Trinajstić information content (AvgIpc) is 2.66. The van der Waals surface area contributed by atoms with Gasteiger partial charge in [0.15, 0.2) is 0 Å². The van der Waals surface area contributed by atoms with Crippen LogP contribution in [0.15, 0.2) is 65.2 Å². The molecule has 0 spiro atoms. The van der Waals surface area contributed by atoms with Gasteiger partial charge in [-0.1, -0.05) is 40.7 Å². The van der Waals surface area contributed by atoms with Gasteiger partial charge in [0, 0.05) is 10.0 Å². The summed E-state index contributed by atoms with van der Waals surface area (Å²) in [7, 11) is 0. The highest BCUT2D eigenvalue weighted by Crippen LogP contribution is 2.28. The molecule has 1 saturated heterocycles. The molecular formula is C20H14BrFN2O4. The molecule has 0 unspecified atom stereocenters. The van der Waals surface area contributed by atoms with E-state index in [9.17, 15) is 18.8 Å². The number of ether oxygens (including phenoxy) is 1. The van der Waals surface area contributed by atoms with Crippen molar-refractivity contribution in [3.8, 4) is 5.75 Å². The van der Waals surface area contributed by atoms with Crippen LogP contribution >= 0.6 is 15.9 Å². The van der Waals surface area contributed by atoms with Crippen molar-refractivity contribution in [2.45, 2.75) is 0 Å². The molecule has 2 aromatic carbocycles. The molecule has 4 amide bonds. The van der Waals surface area contributed by atoms with Crippen LogP contribution in [0, 0.1) is 5.82 Å². The number of urea groups is 1. The van der Waals surface area contributed by atoms with Gasteiger partial charge in [-0.15, -0.1) is 0 Å². The standard InChI is InChI=1S/C20H14BrFN2O4/c1-2-9-28-17-8-7-13(21)10-12(17)11-14-18(25)23-20(27)24(19(14)26)16-6-4-3-5-15(16)22/h2-8,10-11H,1,9H2,(H,23,25,27)/b14-11-. The number of nitrogens with zero attached hydrogens (tertiary/aromatic N) is 1. The number of nitrogens with one attached hydrogen (secondary N) is 1. The first-order valence-corrected chi connectivity index (χ1v) is 8.91. The van der Waals surface area contributed by atoms with Crippen molar-refractivity contribution < 1.29 is 23.5 Å². The van der Waals surface area contributed by atoms with Crippen molar-refractivity contribution in [1.82, 2.24) is 5.32 Å². The number of barbiturate groups is 1. The van der Waals surface area contributed by atoms with Gasteiger partial charge in [-0.25, -0.2) is 14.1 Å². The smallest absolute Gasteiger partial charge is 0.336 e. The lowest BCUT2D eigenvalue weighted by Gasteiger charge is -2.26. The number of anilines is 1. The molecule has 142 valence electrons. The van der Waals surface area contributed by atoms with Crippen LogP contribution in [0.4, 0.5) is 14.9 Å². The van der Waals surface area contributed by atoms with E-state index >= 15 is 0 Å². The van der Waals surface area contributed by atoms with Crippen molar-refractivity contribution in [1.29, 1.82) is 0 Å². The maximum absolute atomic E-state index is 14.1. The van der Waals surface area contributed by atoms with E-state index in [-0.39, 0.29) is 17.9 Å². The Hall–Kier alpha value is -3.26. The normalized spacial score (nSPS) is 15.6. The van der Waals surface area contributed by atoms with E-state index in [2.05, 4.69) is 27.8 Å². The van der Waals surface area contributed by atoms with Gasteiger partial charge in [-0.3, -0.25) is 14.9 Å². The van der Waals surface area contributed by atoms with Gasteiger partial charge in [0.2, 0.25) is 0 Å². The van der Waals surface area contributed by atoms with Crippen LogP contribution in [0.2, 0.25) is 0 Å². The van der Waals surface area contributed by atoms with Gasteiger partial charge >= 0.3 is 6.03 Å². The minimum absolute atomic E-state index is 0.220. The van der Waals surface area contributed by atoms with E-state index in [0.29, 0.717) is 20.7 Å². The first kappa shape index (κ1) is 19.5. The van der Waals surface area contributed by atoms with Gasteiger partial charge in [0.1, 0.15) is 23.7 Å². The van der Waals surface area contributed by atoms with E-state index in [1.165, 1.54) is 24.3 Å². The first-order valence-electron chi connectivity index (χ1n) is 8.11. The maximum atomic E-state index is 14.1. The lowest BCUT2D eigenvalue weighted by atomic mass is 10.1. The number of carbonyl (C=O) groups is 3. The van der Waals surface area contributed by atoms with Crippen molar-refractivity contribution in [2.24, 2.45) is 0 Å². The highest BCUT2D eigenvalue weighted by atomic mass is 79.9. The molecule has 3 rings (SSSR count). The van der Waals surface area contributed by atoms with E-state index in [4.69, 9.17) is 4.74 Å². The zero-order valence-corrected chi connectivity index (χ0v) is 16.0. The third-order valence-corrected chi connectivity index (χ3v) is 4.32. The van der Waals surface area contributed by atoms with Crippen LogP contribution in [0.5, 0.6) is 5.75 Å². The highest BCUT2D eigenvalue weighted by molar-refractivity contribution is 9.10. The van der Waals surface area contributed by atoms with Gasteiger partial charge < -0.3 is 4.74 Å². The Morgan fingerprint density at radius 3 is 2.64 bits per heavy atom. The number of carbonyl (C=O) groups excluding carboxylic acids is 3. The molecule has 1 aliphatic heterocycles. The molecule has 1 aliphatic rings. The van der Waals surface area contributed by atoms with Crippen LogP contribution in [0.3, 0.4) is 0 Å². The molecule has 0 bridgehead atoms. The molecule has 1 N–H and O–H groups in total. The fourth-order valence-electron chi connectivity index (χ4n) is 2.58. The second-order valence-electron chi connectivity index (χ2n) is 5.69. The molecule has 0 aromatic heterocycles. The summed E-state index contributed by atoms with van der Waals surface area (Å²) in [6.07, 6.45) is 2.84. The quantitative estimate of drug-likeness (QED) is 0.432. The summed E-state index contributed by atoms with van der Waals surface area (Å²) in [6.45, 7) is 3.80. The molecule has 1 fully saturated rings. The molecule has 1 heterocycles. The molecule has 8 heteroatoms. The predicted octanol–water partition coefficient (Wildman–Crippen LogP) is 3.82. The number of para-hydroxylation sites is 1. The number of hydrogen-bond acceptors (Lipinski definition) is 4. The van der Waals surface area contributed by atoms with Gasteiger partial charge in [-0.2, -0.15) is 0 Å². The van der Waals surface area contributed by atoms with Crippen LogP contribution in [-0.2, 0) is 9.59 Å². The summed E-state index contributed by atoms with van der Waals surface area (Å²) < 4.78 is 20.3. The second-order valence-corrected chi connectivity index (χ2v) is 6.61. The zero-order valence-electron chi connectivity index (χ0n) is 14.4. The summed E-state index contributed by atoms with van der Waals surface area (Å²) in [6, 6.07) is 9.32. The summed E-state index contributed by atoms with van der Waals surface area (Å²) in [5.41, 5.74) is -0.150. The molecule has 6 nitrogen and oxygen atoms in total. The Morgan fingerprint density at radius 2 is 1.93 bits per heavy atom. The molecule has 0 atom stereocenters. The molecule has 0 radical (unpaired) electrons. The summed E-state index contributed by atoms with van der Waals surface area (Å²) >= 11 is 3.32. The van der Waals surface area contributed by atoms with Crippen molar-refractivity contribution >= 4 is 45.5 Å². The number of rotatable bonds is 5. The Kier molecular flexibility index (Phi) is 5.70. The van der Waals surface area contributed by atoms with Crippen molar-refractivity contribution in [2.75, 3.05) is 11.5 Å². The zero-order chi connectivity index (χ0) is 20.3. The third-order valence-electron chi connectivity index (χ3n) is 3.82. The Morgan fingerprint density at radius 1 is 1.18 bits per heavy atom. The minimum Gasteiger partial charge on any atom is -0.489 e. The molecule has 0 saturated carbocycles. The Labute approximate surface area is 168 Å². The topological polar surface area (TPSA) is 75.7 Å². The number of benzene rings is 2. The van der Waals surface area contributed by atoms with Crippen molar-refractivity contribution in [3.05, 3.63) is 76.5 Å². The van der Waals surface area contributed by atoms with Gasteiger partial charge in [0.05, 0.1) is 5.69 Å². The average molecular weight is 445 g/mol. The number of imide groups is 2. The van der Waals surface area contributed by atoms with Crippen molar-refractivity contribution in [3.63, 3.8) is 0 Å². The highest BCUT2D eigenvalue weighted by Gasteiger charge is 2.38.